The first-order valence-corrected chi connectivity index (χ1v) is 11.9. The van der Waals surface area contributed by atoms with Gasteiger partial charge in [0.1, 0.15) is 5.58 Å². The number of phenols is 1. The molecule has 2 aromatic carbocycles. The monoisotopic (exact) mass is 464 g/mol. The Balaban J connectivity index is 1.91. The number of nitrogens with zero attached hydrogens (tertiary/aromatic N) is 2. The summed E-state index contributed by atoms with van der Waals surface area (Å²) in [5.74, 6) is 0.134. The predicted octanol–water partition coefficient (Wildman–Crippen LogP) is 4.40. The second-order valence-corrected chi connectivity index (χ2v) is 8.69. The van der Waals surface area contributed by atoms with E-state index in [0.717, 1.165) is 24.2 Å². The van der Waals surface area contributed by atoms with Gasteiger partial charge in [0, 0.05) is 13.1 Å². The van der Waals surface area contributed by atoms with Crippen LogP contribution in [0.3, 0.4) is 0 Å². The summed E-state index contributed by atoms with van der Waals surface area (Å²) in [6.45, 7) is 13.1. The topological polar surface area (TPSA) is 83.2 Å². The van der Waals surface area contributed by atoms with Gasteiger partial charge < -0.3 is 24.1 Å². The zero-order valence-corrected chi connectivity index (χ0v) is 20.5. The van der Waals surface area contributed by atoms with Crippen molar-refractivity contribution >= 4 is 16.9 Å². The maximum absolute atomic E-state index is 13.8. The van der Waals surface area contributed by atoms with Gasteiger partial charge >= 0.3 is 0 Å². The summed E-state index contributed by atoms with van der Waals surface area (Å²) in [5.41, 5.74) is 3.24. The summed E-state index contributed by atoms with van der Waals surface area (Å²) >= 11 is 0. The molecule has 1 atom stereocenters. The molecule has 7 nitrogen and oxygen atoms in total. The van der Waals surface area contributed by atoms with Gasteiger partial charge in [0.05, 0.1) is 23.6 Å². The van der Waals surface area contributed by atoms with E-state index in [9.17, 15) is 14.7 Å². The normalized spacial score (nSPS) is 15.4. The van der Waals surface area contributed by atoms with E-state index in [2.05, 4.69) is 18.7 Å². The van der Waals surface area contributed by atoms with E-state index in [1.807, 2.05) is 32.9 Å². The second-order valence-electron chi connectivity index (χ2n) is 8.69. The molecule has 2 heterocycles. The number of likely N-dealkylation sites (N-methyl/N-ethyl adjacent to an activating group) is 1. The number of aromatic hydroxyl groups is 1. The Bertz CT molecular complexity index is 1290. The molecule has 0 bridgehead atoms. The fraction of sp³-hybridized carbons (Fsp3) is 0.407. The molecule has 34 heavy (non-hydrogen) atoms. The average molecular weight is 465 g/mol. The number of benzene rings is 2. The Labute approximate surface area is 199 Å². The molecule has 0 aliphatic carbocycles. The summed E-state index contributed by atoms with van der Waals surface area (Å²) in [6.07, 6.45) is 0. The molecule has 0 saturated heterocycles. The molecule has 0 spiro atoms. The van der Waals surface area contributed by atoms with Crippen LogP contribution in [-0.2, 0) is 0 Å². The summed E-state index contributed by atoms with van der Waals surface area (Å²) in [6, 6.07) is 8.02. The third-order valence-electron chi connectivity index (χ3n) is 6.73. The van der Waals surface area contributed by atoms with E-state index in [-0.39, 0.29) is 22.8 Å². The molecule has 1 aliphatic rings. The molecule has 0 fully saturated rings. The van der Waals surface area contributed by atoms with Crippen molar-refractivity contribution in [2.24, 2.45) is 0 Å². The zero-order valence-electron chi connectivity index (χ0n) is 20.5. The molecule has 1 N–H and O–H groups in total. The van der Waals surface area contributed by atoms with Gasteiger partial charge in [0.15, 0.2) is 16.9 Å². The Kier molecular flexibility index (Phi) is 6.66. The highest BCUT2D eigenvalue weighted by molar-refractivity contribution is 5.99. The quantitative estimate of drug-likeness (QED) is 0.532. The minimum Gasteiger partial charge on any atom is -0.504 e. The largest absolute Gasteiger partial charge is 0.504 e. The van der Waals surface area contributed by atoms with Crippen LogP contribution in [-0.4, -0.2) is 53.6 Å². The van der Waals surface area contributed by atoms with E-state index in [1.165, 1.54) is 0 Å². The highest BCUT2D eigenvalue weighted by Gasteiger charge is 2.43. The molecule has 1 aliphatic heterocycles. The number of hydrogen-bond acceptors (Lipinski definition) is 6. The van der Waals surface area contributed by atoms with Crippen molar-refractivity contribution in [1.82, 2.24) is 9.80 Å². The van der Waals surface area contributed by atoms with E-state index >= 15 is 0 Å². The molecular formula is C27H32N2O5. The first kappa shape index (κ1) is 23.8. The SMILES string of the molecule is CCOc1cc(C2c3c(oc4cc(C)c(C)cc4c3=O)C(=O)N2CCN(CC)CC)ccc1O. The average Bonchev–Trinajstić information content (AvgIpc) is 3.09. The van der Waals surface area contributed by atoms with Gasteiger partial charge in [-0.3, -0.25) is 9.59 Å². The van der Waals surface area contributed by atoms with E-state index in [4.69, 9.17) is 9.15 Å². The molecule has 0 saturated carbocycles. The van der Waals surface area contributed by atoms with Gasteiger partial charge in [0.25, 0.3) is 5.91 Å². The van der Waals surface area contributed by atoms with Crippen molar-refractivity contribution in [1.29, 1.82) is 0 Å². The second kappa shape index (κ2) is 9.50. The van der Waals surface area contributed by atoms with E-state index in [1.54, 1.807) is 23.1 Å². The molecular weight excluding hydrogens is 432 g/mol. The van der Waals surface area contributed by atoms with Crippen LogP contribution in [0.15, 0.2) is 39.5 Å². The lowest BCUT2D eigenvalue weighted by molar-refractivity contribution is 0.0708. The van der Waals surface area contributed by atoms with Crippen molar-refractivity contribution < 1.29 is 19.1 Å². The zero-order chi connectivity index (χ0) is 24.6. The van der Waals surface area contributed by atoms with Gasteiger partial charge in [-0.2, -0.15) is 0 Å². The summed E-state index contributed by atoms with van der Waals surface area (Å²) in [4.78, 5) is 31.3. The maximum atomic E-state index is 13.8. The Morgan fingerprint density at radius 1 is 1.06 bits per heavy atom. The highest BCUT2D eigenvalue weighted by atomic mass is 16.5. The number of amides is 1. The lowest BCUT2D eigenvalue weighted by Crippen LogP contribution is -2.37. The molecule has 3 aromatic rings. The van der Waals surface area contributed by atoms with Crippen LogP contribution < -0.4 is 10.2 Å². The van der Waals surface area contributed by atoms with Gasteiger partial charge in [-0.15, -0.1) is 0 Å². The minimum absolute atomic E-state index is 0.0153. The minimum atomic E-state index is -0.625. The third-order valence-corrected chi connectivity index (χ3v) is 6.73. The number of hydrogen-bond donors (Lipinski definition) is 1. The number of fused-ring (bicyclic) bond motifs is 2. The van der Waals surface area contributed by atoms with Crippen LogP contribution in [0.1, 0.15) is 59.6 Å². The van der Waals surface area contributed by atoms with Crippen molar-refractivity contribution in [3.8, 4) is 11.5 Å². The first-order chi connectivity index (χ1) is 16.3. The summed E-state index contributed by atoms with van der Waals surface area (Å²) in [5, 5.41) is 10.7. The van der Waals surface area contributed by atoms with E-state index in [0.29, 0.717) is 47.5 Å². The van der Waals surface area contributed by atoms with Crippen molar-refractivity contribution in [3.63, 3.8) is 0 Å². The van der Waals surface area contributed by atoms with Crippen LogP contribution >= 0.6 is 0 Å². The predicted molar refractivity (Wildman–Crippen MR) is 132 cm³/mol. The number of rotatable bonds is 8. The fourth-order valence-electron chi connectivity index (χ4n) is 4.61. The van der Waals surface area contributed by atoms with Crippen molar-refractivity contribution in [2.45, 2.75) is 40.7 Å². The Morgan fingerprint density at radius 3 is 2.44 bits per heavy atom. The molecule has 1 amide bonds. The van der Waals surface area contributed by atoms with Gasteiger partial charge in [-0.1, -0.05) is 19.9 Å². The number of carbonyl (C=O) groups is 1. The number of ether oxygens (including phenoxy) is 1. The molecule has 1 aromatic heterocycles. The fourth-order valence-corrected chi connectivity index (χ4v) is 4.61. The van der Waals surface area contributed by atoms with Crippen LogP contribution in [0.5, 0.6) is 11.5 Å². The summed E-state index contributed by atoms with van der Waals surface area (Å²) < 4.78 is 11.7. The Morgan fingerprint density at radius 2 is 1.76 bits per heavy atom. The molecule has 4 rings (SSSR count). The number of carbonyl (C=O) groups excluding carboxylic acids is 1. The van der Waals surface area contributed by atoms with Crippen LogP contribution in [0.4, 0.5) is 0 Å². The summed E-state index contributed by atoms with van der Waals surface area (Å²) in [7, 11) is 0. The van der Waals surface area contributed by atoms with Crippen LogP contribution in [0, 0.1) is 13.8 Å². The molecule has 0 radical (unpaired) electrons. The number of aryl methyl sites for hydroxylation is 2. The number of phenolic OH excluding ortho intramolecular Hbond substituents is 1. The highest BCUT2D eigenvalue weighted by Crippen LogP contribution is 2.40. The van der Waals surface area contributed by atoms with Crippen LogP contribution in [0.2, 0.25) is 0 Å². The van der Waals surface area contributed by atoms with Gasteiger partial charge in [-0.05, 0) is 74.8 Å². The van der Waals surface area contributed by atoms with Gasteiger partial charge in [-0.25, -0.2) is 0 Å². The van der Waals surface area contributed by atoms with Crippen LogP contribution in [0.25, 0.3) is 11.0 Å². The third kappa shape index (κ3) is 4.05. The maximum Gasteiger partial charge on any atom is 0.290 e. The van der Waals surface area contributed by atoms with Crippen molar-refractivity contribution in [2.75, 3.05) is 32.8 Å². The lowest BCUT2D eigenvalue weighted by Gasteiger charge is -2.28. The van der Waals surface area contributed by atoms with Crippen molar-refractivity contribution in [3.05, 3.63) is 68.6 Å². The van der Waals surface area contributed by atoms with Gasteiger partial charge in [0.2, 0.25) is 5.76 Å². The van der Waals surface area contributed by atoms with E-state index < -0.39 is 6.04 Å². The smallest absolute Gasteiger partial charge is 0.290 e. The lowest BCUT2D eigenvalue weighted by atomic mass is 9.97. The first-order valence-electron chi connectivity index (χ1n) is 11.9. The molecule has 7 heteroatoms. The molecule has 180 valence electrons. The standard InChI is InChI=1S/C27H32N2O5/c1-6-28(7-2)11-12-29-24(18-9-10-20(30)22(15-18)33-8-3)23-25(31)19-13-16(4)17(5)14-21(19)34-26(23)27(29)32/h9-10,13-15,24,30H,6-8,11-12H2,1-5H3. The molecule has 1 unspecified atom stereocenters. The Hall–Kier alpha value is -3.32.